The number of aromatic nitrogens is 2. The summed E-state index contributed by atoms with van der Waals surface area (Å²) in [6, 6.07) is 7.95. The zero-order chi connectivity index (χ0) is 15.4. The van der Waals surface area contributed by atoms with Crippen LogP contribution in [0, 0.1) is 0 Å². The lowest BCUT2D eigenvalue weighted by atomic mass is 10.1. The molecule has 0 bridgehead atoms. The van der Waals surface area contributed by atoms with E-state index in [-0.39, 0.29) is 12.4 Å². The van der Waals surface area contributed by atoms with E-state index >= 15 is 0 Å². The zero-order valence-corrected chi connectivity index (χ0v) is 14.1. The molecule has 0 N–H and O–H groups in total. The molecule has 0 aliphatic carbocycles. The van der Waals surface area contributed by atoms with Gasteiger partial charge in [-0.3, -0.25) is 4.79 Å². The molecule has 0 saturated heterocycles. The van der Waals surface area contributed by atoms with Crippen molar-refractivity contribution < 1.29 is 9.53 Å². The number of esters is 1. The summed E-state index contributed by atoms with van der Waals surface area (Å²) in [5.41, 5.74) is 3.99. The fourth-order valence-electron chi connectivity index (χ4n) is 2.43. The van der Waals surface area contributed by atoms with E-state index in [0.717, 1.165) is 40.0 Å². The number of halogens is 1. The third-order valence-corrected chi connectivity index (χ3v) is 4.14. The van der Waals surface area contributed by atoms with E-state index in [2.05, 4.69) is 22.9 Å². The highest BCUT2D eigenvalue weighted by molar-refractivity contribution is 9.10. The minimum absolute atomic E-state index is 0.230. The minimum atomic E-state index is -0.230. The molecule has 0 saturated carbocycles. The van der Waals surface area contributed by atoms with Gasteiger partial charge in [0.05, 0.1) is 24.9 Å². The van der Waals surface area contributed by atoms with Crippen molar-refractivity contribution in [1.29, 1.82) is 0 Å². The molecular formula is C16H19BrN2O2. The van der Waals surface area contributed by atoms with Gasteiger partial charge in [-0.2, -0.15) is 5.10 Å². The second kappa shape index (κ2) is 6.89. The summed E-state index contributed by atoms with van der Waals surface area (Å²) < 4.78 is 7.72. The van der Waals surface area contributed by atoms with Crippen molar-refractivity contribution >= 4 is 21.9 Å². The fourth-order valence-corrected chi connectivity index (χ4v) is 2.88. The molecule has 0 atom stereocenters. The molecule has 21 heavy (non-hydrogen) atoms. The number of benzene rings is 1. The minimum Gasteiger partial charge on any atom is -0.469 e. The van der Waals surface area contributed by atoms with Crippen molar-refractivity contribution in [2.24, 2.45) is 0 Å². The summed E-state index contributed by atoms with van der Waals surface area (Å²) in [7, 11) is 1.41. The second-order valence-electron chi connectivity index (χ2n) is 4.70. The van der Waals surface area contributed by atoms with Crippen LogP contribution in [0.4, 0.5) is 0 Å². The van der Waals surface area contributed by atoms with E-state index in [4.69, 9.17) is 9.84 Å². The van der Waals surface area contributed by atoms with Crippen LogP contribution in [0.1, 0.15) is 30.8 Å². The number of aryl methyl sites for hydroxylation is 1. The largest absolute Gasteiger partial charge is 0.469 e. The van der Waals surface area contributed by atoms with E-state index in [1.165, 1.54) is 7.11 Å². The maximum atomic E-state index is 11.7. The van der Waals surface area contributed by atoms with Crippen LogP contribution in [0.3, 0.4) is 0 Å². The van der Waals surface area contributed by atoms with Crippen molar-refractivity contribution in [1.82, 2.24) is 9.78 Å². The standard InChI is InChI=1S/C16H19BrN2O2/c1-4-13-11(10-16(20)21-3)14(5-2)19(18-13)15-9-7-6-8-12(15)17/h6-9H,4-5,10H2,1-3H3. The van der Waals surface area contributed by atoms with Crippen LogP contribution in [0.2, 0.25) is 0 Å². The first-order chi connectivity index (χ1) is 10.1. The number of methoxy groups -OCH3 is 1. The Kier molecular flexibility index (Phi) is 5.17. The number of para-hydroxylation sites is 1. The van der Waals surface area contributed by atoms with E-state index < -0.39 is 0 Å². The maximum absolute atomic E-state index is 11.7. The predicted molar refractivity (Wildman–Crippen MR) is 85.7 cm³/mol. The molecule has 0 aliphatic heterocycles. The molecule has 0 spiro atoms. The maximum Gasteiger partial charge on any atom is 0.310 e. The lowest BCUT2D eigenvalue weighted by Gasteiger charge is -2.09. The zero-order valence-electron chi connectivity index (χ0n) is 12.5. The Bertz CT molecular complexity index is 650. The van der Waals surface area contributed by atoms with Crippen LogP contribution in [0.25, 0.3) is 5.69 Å². The summed E-state index contributed by atoms with van der Waals surface area (Å²) in [4.78, 5) is 11.7. The van der Waals surface area contributed by atoms with Crippen molar-refractivity contribution in [2.45, 2.75) is 33.1 Å². The molecule has 5 heteroatoms. The molecule has 112 valence electrons. The van der Waals surface area contributed by atoms with Gasteiger partial charge in [-0.25, -0.2) is 4.68 Å². The summed E-state index contributed by atoms with van der Waals surface area (Å²) >= 11 is 3.56. The topological polar surface area (TPSA) is 44.1 Å². The molecule has 2 rings (SSSR count). The predicted octanol–water partition coefficient (Wildman–Crippen LogP) is 3.48. The quantitative estimate of drug-likeness (QED) is 0.775. The Balaban J connectivity index is 2.58. The van der Waals surface area contributed by atoms with Crippen LogP contribution < -0.4 is 0 Å². The molecule has 2 aromatic rings. The third kappa shape index (κ3) is 3.18. The normalized spacial score (nSPS) is 10.7. The van der Waals surface area contributed by atoms with Gasteiger partial charge in [-0.15, -0.1) is 0 Å². The Morgan fingerprint density at radius 3 is 2.57 bits per heavy atom. The van der Waals surface area contributed by atoms with Crippen LogP contribution in [-0.4, -0.2) is 22.9 Å². The van der Waals surface area contributed by atoms with E-state index in [9.17, 15) is 4.79 Å². The first-order valence-corrected chi connectivity index (χ1v) is 7.83. The van der Waals surface area contributed by atoms with Crippen LogP contribution in [-0.2, 0) is 28.8 Å². The lowest BCUT2D eigenvalue weighted by molar-refractivity contribution is -0.139. The molecule has 0 unspecified atom stereocenters. The van der Waals surface area contributed by atoms with Gasteiger partial charge >= 0.3 is 5.97 Å². The first-order valence-electron chi connectivity index (χ1n) is 7.03. The van der Waals surface area contributed by atoms with E-state index in [1.807, 2.05) is 35.9 Å². The molecule has 1 aromatic heterocycles. The summed E-state index contributed by atoms with van der Waals surface area (Å²) in [6.07, 6.45) is 1.87. The number of carbonyl (C=O) groups excluding carboxylic acids is 1. The van der Waals surface area contributed by atoms with Crippen molar-refractivity contribution in [3.63, 3.8) is 0 Å². The highest BCUT2D eigenvalue weighted by Crippen LogP contribution is 2.26. The van der Waals surface area contributed by atoms with Crippen molar-refractivity contribution in [3.8, 4) is 5.69 Å². The fraction of sp³-hybridized carbons (Fsp3) is 0.375. The van der Waals surface area contributed by atoms with Crippen molar-refractivity contribution in [2.75, 3.05) is 7.11 Å². The number of hydrogen-bond donors (Lipinski definition) is 0. The van der Waals surface area contributed by atoms with Crippen molar-refractivity contribution in [3.05, 3.63) is 45.7 Å². The molecule has 0 radical (unpaired) electrons. The number of carbonyl (C=O) groups is 1. The van der Waals surface area contributed by atoms with Crippen LogP contribution in [0.5, 0.6) is 0 Å². The Labute approximate surface area is 133 Å². The molecule has 0 aliphatic rings. The van der Waals surface area contributed by atoms with Gasteiger partial charge in [-0.1, -0.05) is 26.0 Å². The van der Waals surface area contributed by atoms with Gasteiger partial charge in [0.25, 0.3) is 0 Å². The molecule has 4 nitrogen and oxygen atoms in total. The van der Waals surface area contributed by atoms with E-state index in [0.29, 0.717) is 0 Å². The van der Waals surface area contributed by atoms with Gasteiger partial charge in [0.2, 0.25) is 0 Å². The van der Waals surface area contributed by atoms with Crippen LogP contribution in [0.15, 0.2) is 28.7 Å². The SMILES string of the molecule is CCc1nn(-c2ccccc2Br)c(CC)c1CC(=O)OC. The average molecular weight is 351 g/mol. The van der Waals surface area contributed by atoms with Gasteiger partial charge < -0.3 is 4.74 Å². The van der Waals surface area contributed by atoms with E-state index in [1.54, 1.807) is 0 Å². The highest BCUT2D eigenvalue weighted by atomic mass is 79.9. The second-order valence-corrected chi connectivity index (χ2v) is 5.55. The molecule has 1 aromatic carbocycles. The van der Waals surface area contributed by atoms with Crippen LogP contribution >= 0.6 is 15.9 Å². The monoisotopic (exact) mass is 350 g/mol. The smallest absolute Gasteiger partial charge is 0.310 e. The summed E-state index contributed by atoms with van der Waals surface area (Å²) in [5.74, 6) is -0.230. The lowest BCUT2D eigenvalue weighted by Crippen LogP contribution is -2.08. The Hall–Kier alpha value is -1.62. The molecule has 0 fully saturated rings. The summed E-state index contributed by atoms with van der Waals surface area (Å²) in [6.45, 7) is 4.12. The van der Waals surface area contributed by atoms with Gasteiger partial charge in [0.1, 0.15) is 0 Å². The molecule has 0 amide bonds. The number of rotatable bonds is 5. The Morgan fingerprint density at radius 1 is 1.29 bits per heavy atom. The third-order valence-electron chi connectivity index (χ3n) is 3.47. The number of nitrogens with zero attached hydrogens (tertiary/aromatic N) is 2. The van der Waals surface area contributed by atoms with Gasteiger partial charge in [0, 0.05) is 15.7 Å². The Morgan fingerprint density at radius 2 is 2.00 bits per heavy atom. The van der Waals surface area contributed by atoms with Gasteiger partial charge in [-0.05, 0) is 40.9 Å². The molecular weight excluding hydrogens is 332 g/mol. The average Bonchev–Trinajstić information content (AvgIpc) is 2.84. The van der Waals surface area contributed by atoms with Gasteiger partial charge in [0.15, 0.2) is 0 Å². The summed E-state index contributed by atoms with van der Waals surface area (Å²) in [5, 5.41) is 4.70. The first kappa shape index (κ1) is 15.8. The highest BCUT2D eigenvalue weighted by Gasteiger charge is 2.20. The number of ether oxygens (including phenoxy) is 1. The number of hydrogen-bond acceptors (Lipinski definition) is 3. The molecule has 1 heterocycles.